The molecule has 0 saturated heterocycles. The number of hydrogen-bond donors (Lipinski definition) is 4. The number of hydrogen-bond acceptors (Lipinski definition) is 6. The summed E-state index contributed by atoms with van der Waals surface area (Å²) in [6.45, 7) is -0.369. The normalized spacial score (nSPS) is 14.0. The van der Waals surface area contributed by atoms with Gasteiger partial charge >= 0.3 is 0 Å². The Morgan fingerprint density at radius 1 is 1.23 bits per heavy atom. The summed E-state index contributed by atoms with van der Waals surface area (Å²) in [5, 5.41) is 14.7. The number of carbonyl (C=O) groups is 3. The second kappa shape index (κ2) is 10.8. The third-order valence-electron chi connectivity index (χ3n) is 3.58. The van der Waals surface area contributed by atoms with Crippen molar-refractivity contribution in [1.82, 2.24) is 15.5 Å². The van der Waals surface area contributed by atoms with Gasteiger partial charge in [-0.15, -0.1) is 0 Å². The van der Waals surface area contributed by atoms with Gasteiger partial charge in [0.05, 0.1) is 6.54 Å². The first kappa shape index (κ1) is 21.9. The maximum Gasteiger partial charge on any atom is 0.250 e. The zero-order valence-corrected chi connectivity index (χ0v) is 16.0. The molecule has 3 unspecified atom stereocenters. The van der Waals surface area contributed by atoms with Crippen LogP contribution in [-0.2, 0) is 14.4 Å². The monoisotopic (exact) mass is 382 g/mol. The van der Waals surface area contributed by atoms with Gasteiger partial charge in [-0.05, 0) is 11.8 Å². The second-order valence-electron chi connectivity index (χ2n) is 5.93. The number of benzene rings is 1. The van der Waals surface area contributed by atoms with Crippen molar-refractivity contribution in [3.8, 4) is 0 Å². The van der Waals surface area contributed by atoms with Gasteiger partial charge in [-0.3, -0.25) is 14.4 Å². The molecule has 0 bridgehead atoms. The Hall–Kier alpha value is -2.10. The minimum atomic E-state index is -1.40. The molecular weight excluding hydrogens is 356 g/mol. The quantitative estimate of drug-likeness (QED) is 0.439. The van der Waals surface area contributed by atoms with Gasteiger partial charge in [0.15, 0.2) is 0 Å². The van der Waals surface area contributed by atoms with Crippen LogP contribution >= 0.6 is 11.8 Å². The molecule has 5 N–H and O–H groups in total. The third kappa shape index (κ3) is 6.66. The molecule has 1 rings (SSSR count). The van der Waals surface area contributed by atoms with Crippen LogP contribution in [0.1, 0.15) is 11.6 Å². The van der Waals surface area contributed by atoms with Crippen molar-refractivity contribution in [3.63, 3.8) is 0 Å². The number of thioether (sulfide) groups is 1. The molecule has 8 nitrogen and oxygen atoms in total. The molecule has 0 radical (unpaired) electrons. The Balaban J connectivity index is 2.67. The van der Waals surface area contributed by atoms with Gasteiger partial charge in [0.2, 0.25) is 11.8 Å². The fourth-order valence-corrected chi connectivity index (χ4v) is 2.72. The summed E-state index contributed by atoms with van der Waals surface area (Å²) < 4.78 is 0. The number of carbonyl (C=O) groups excluding carboxylic acids is 3. The molecule has 0 heterocycles. The van der Waals surface area contributed by atoms with Crippen molar-refractivity contribution in [3.05, 3.63) is 35.9 Å². The predicted octanol–water partition coefficient (Wildman–Crippen LogP) is -0.900. The highest BCUT2D eigenvalue weighted by Crippen LogP contribution is 2.14. The van der Waals surface area contributed by atoms with Crippen LogP contribution in [0.2, 0.25) is 0 Å². The largest absolute Gasteiger partial charge is 0.382 e. The van der Waals surface area contributed by atoms with Crippen molar-refractivity contribution in [1.29, 1.82) is 0 Å². The molecule has 1 aromatic rings. The average molecular weight is 382 g/mol. The van der Waals surface area contributed by atoms with Gasteiger partial charge in [-0.1, -0.05) is 30.3 Å². The average Bonchev–Trinajstić information content (AvgIpc) is 2.63. The van der Waals surface area contributed by atoms with Crippen LogP contribution in [-0.4, -0.2) is 72.5 Å². The van der Waals surface area contributed by atoms with E-state index in [0.717, 1.165) is 0 Å². The highest BCUT2D eigenvalue weighted by molar-refractivity contribution is 7.98. The van der Waals surface area contributed by atoms with E-state index >= 15 is 0 Å². The van der Waals surface area contributed by atoms with Crippen molar-refractivity contribution in [2.75, 3.05) is 32.6 Å². The molecule has 144 valence electrons. The van der Waals surface area contributed by atoms with Gasteiger partial charge in [0.1, 0.15) is 12.1 Å². The second-order valence-corrected chi connectivity index (χ2v) is 6.84. The number of rotatable bonds is 9. The van der Waals surface area contributed by atoms with Gasteiger partial charge in [0.25, 0.3) is 5.91 Å². The molecule has 0 aliphatic rings. The summed E-state index contributed by atoms with van der Waals surface area (Å²) in [5.41, 5.74) is 6.31. The minimum absolute atomic E-state index is 0.294. The third-order valence-corrected chi connectivity index (χ3v) is 4.30. The summed E-state index contributed by atoms with van der Waals surface area (Å²) in [6.07, 6.45) is 0.409. The highest BCUT2D eigenvalue weighted by Gasteiger charge is 2.26. The number of nitrogens with two attached hydrogens (primary N) is 1. The van der Waals surface area contributed by atoms with E-state index < -0.39 is 30.0 Å². The van der Waals surface area contributed by atoms with E-state index in [-0.39, 0.29) is 12.5 Å². The number of likely N-dealkylation sites (N-methyl/N-ethyl adjacent to an activating group) is 1. The standard InChI is InChI=1S/C17H26N4O4S/c1-21(2)17(25)14(11-7-5-4-6-8-11)20-13(22)9-19-16(24)15(23)12(18)10-26-3/h4-8,12,14-15,23H,9-10,18H2,1-3H3,(H,19,24)(H,20,22). The molecule has 3 atom stereocenters. The molecule has 9 heteroatoms. The van der Waals surface area contributed by atoms with Crippen LogP contribution in [0, 0.1) is 0 Å². The Labute approximate surface area is 157 Å². The minimum Gasteiger partial charge on any atom is -0.382 e. The SMILES string of the molecule is CSCC(N)C(O)C(=O)NCC(=O)NC(C(=O)N(C)C)c1ccccc1. The van der Waals surface area contributed by atoms with E-state index in [1.807, 2.05) is 12.3 Å². The molecule has 0 spiro atoms. The molecule has 0 aromatic heterocycles. The van der Waals surface area contributed by atoms with E-state index in [9.17, 15) is 19.5 Å². The molecule has 1 aromatic carbocycles. The van der Waals surface area contributed by atoms with Crippen molar-refractivity contribution in [2.45, 2.75) is 18.2 Å². The van der Waals surface area contributed by atoms with E-state index in [1.165, 1.54) is 16.7 Å². The Kier molecular flexibility index (Phi) is 9.11. The molecule has 0 aliphatic heterocycles. The lowest BCUT2D eigenvalue weighted by Crippen LogP contribution is -2.50. The first-order valence-corrected chi connectivity index (χ1v) is 9.43. The number of aliphatic hydroxyl groups excluding tert-OH is 1. The lowest BCUT2D eigenvalue weighted by molar-refractivity contribution is -0.135. The van der Waals surface area contributed by atoms with Gasteiger partial charge in [-0.2, -0.15) is 11.8 Å². The topological polar surface area (TPSA) is 125 Å². The fraction of sp³-hybridized carbons (Fsp3) is 0.471. The molecule has 0 fully saturated rings. The molecule has 0 aliphatic carbocycles. The van der Waals surface area contributed by atoms with E-state index in [1.54, 1.807) is 38.4 Å². The van der Waals surface area contributed by atoms with Gasteiger partial charge < -0.3 is 26.4 Å². The highest BCUT2D eigenvalue weighted by atomic mass is 32.2. The van der Waals surface area contributed by atoms with Crippen molar-refractivity contribution < 1.29 is 19.5 Å². The molecule has 26 heavy (non-hydrogen) atoms. The van der Waals surface area contributed by atoms with E-state index in [0.29, 0.717) is 11.3 Å². The van der Waals surface area contributed by atoms with Crippen LogP contribution in [0.4, 0.5) is 0 Å². The number of amides is 3. The first-order valence-electron chi connectivity index (χ1n) is 8.03. The molecule has 0 saturated carbocycles. The maximum atomic E-state index is 12.4. The maximum absolute atomic E-state index is 12.4. The summed E-state index contributed by atoms with van der Waals surface area (Å²) in [6, 6.07) is 7.22. The summed E-state index contributed by atoms with van der Waals surface area (Å²) in [5.74, 6) is -1.16. The number of aliphatic hydroxyl groups is 1. The Morgan fingerprint density at radius 3 is 2.38 bits per heavy atom. The zero-order valence-electron chi connectivity index (χ0n) is 15.1. The van der Waals surface area contributed by atoms with Crippen molar-refractivity contribution in [2.24, 2.45) is 5.73 Å². The number of nitrogens with zero attached hydrogens (tertiary/aromatic N) is 1. The van der Waals surface area contributed by atoms with Crippen LogP contribution in [0.25, 0.3) is 0 Å². The van der Waals surface area contributed by atoms with E-state index in [4.69, 9.17) is 5.73 Å². The lowest BCUT2D eigenvalue weighted by atomic mass is 10.1. The van der Waals surface area contributed by atoms with Crippen LogP contribution in [0.5, 0.6) is 0 Å². The smallest absolute Gasteiger partial charge is 0.250 e. The lowest BCUT2D eigenvalue weighted by Gasteiger charge is -2.22. The molecule has 3 amide bonds. The number of nitrogens with one attached hydrogen (secondary N) is 2. The molecular formula is C17H26N4O4S. The van der Waals surface area contributed by atoms with Crippen LogP contribution in [0.3, 0.4) is 0 Å². The van der Waals surface area contributed by atoms with E-state index in [2.05, 4.69) is 10.6 Å². The van der Waals surface area contributed by atoms with Crippen LogP contribution in [0.15, 0.2) is 30.3 Å². The Morgan fingerprint density at radius 2 is 1.85 bits per heavy atom. The summed E-state index contributed by atoms with van der Waals surface area (Å²) in [4.78, 5) is 37.7. The summed E-state index contributed by atoms with van der Waals surface area (Å²) >= 11 is 1.41. The fourth-order valence-electron chi connectivity index (χ4n) is 2.15. The van der Waals surface area contributed by atoms with Gasteiger partial charge in [0, 0.05) is 25.9 Å². The van der Waals surface area contributed by atoms with Gasteiger partial charge in [-0.25, -0.2) is 0 Å². The first-order chi connectivity index (χ1) is 12.3. The van der Waals surface area contributed by atoms with Crippen LogP contribution < -0.4 is 16.4 Å². The zero-order chi connectivity index (χ0) is 19.7. The summed E-state index contributed by atoms with van der Waals surface area (Å²) in [7, 11) is 3.19. The predicted molar refractivity (Wildman–Crippen MR) is 101 cm³/mol. The Bertz CT molecular complexity index is 612. The van der Waals surface area contributed by atoms with Crippen molar-refractivity contribution >= 4 is 29.5 Å².